The third-order valence-corrected chi connectivity index (χ3v) is 4.99. The maximum absolute atomic E-state index is 11.1. The number of unbranched alkanes of at least 4 members (excludes halogenated alkanes) is 16. The number of esters is 1. The van der Waals surface area contributed by atoms with Crippen LogP contribution >= 0.6 is 0 Å². The molecule has 0 aliphatic carbocycles. The molecule has 0 rings (SSSR count). The monoisotopic (exact) mass is 382 g/mol. The molecule has 0 bridgehead atoms. The van der Waals surface area contributed by atoms with Crippen molar-refractivity contribution in [2.24, 2.45) is 0 Å². The van der Waals surface area contributed by atoms with Gasteiger partial charge in [0, 0.05) is 12.8 Å². The topological polar surface area (TPSA) is 63.6 Å². The molecule has 0 heterocycles. The molecule has 0 saturated carbocycles. The SMILES string of the molecule is C=COC(=O)CCCCCCCCCCCCCCCCCCCC(=O)O. The summed E-state index contributed by atoms with van der Waals surface area (Å²) >= 11 is 0. The molecule has 0 spiro atoms. The number of hydrogen-bond donors (Lipinski definition) is 1. The molecule has 0 amide bonds. The predicted molar refractivity (Wildman–Crippen MR) is 112 cm³/mol. The van der Waals surface area contributed by atoms with Crippen LogP contribution in [0.3, 0.4) is 0 Å². The summed E-state index contributed by atoms with van der Waals surface area (Å²) in [6.45, 7) is 3.38. The van der Waals surface area contributed by atoms with Crippen molar-refractivity contribution >= 4 is 11.9 Å². The highest BCUT2D eigenvalue weighted by Gasteiger charge is 2.00. The zero-order valence-corrected chi connectivity index (χ0v) is 17.4. The summed E-state index contributed by atoms with van der Waals surface area (Å²) in [6, 6.07) is 0. The molecule has 0 fully saturated rings. The summed E-state index contributed by atoms with van der Waals surface area (Å²) in [4.78, 5) is 21.5. The molecule has 0 aromatic heterocycles. The second-order valence-electron chi connectivity index (χ2n) is 7.56. The summed E-state index contributed by atoms with van der Waals surface area (Å²) in [6.07, 6.45) is 23.0. The molecule has 4 nitrogen and oxygen atoms in total. The van der Waals surface area contributed by atoms with Crippen molar-refractivity contribution in [2.45, 2.75) is 122 Å². The van der Waals surface area contributed by atoms with Crippen molar-refractivity contribution in [1.29, 1.82) is 0 Å². The normalized spacial score (nSPS) is 10.7. The van der Waals surface area contributed by atoms with Gasteiger partial charge in [0.15, 0.2) is 0 Å². The van der Waals surface area contributed by atoms with Gasteiger partial charge in [0.05, 0.1) is 6.26 Å². The number of aliphatic carboxylic acids is 1. The van der Waals surface area contributed by atoms with Crippen LogP contribution in [0.1, 0.15) is 122 Å². The lowest BCUT2D eigenvalue weighted by molar-refractivity contribution is -0.138. The first-order valence-electron chi connectivity index (χ1n) is 11.2. The standard InChI is InChI=1S/C23H42O4/c1-2-27-23(26)21-19-17-15-13-11-9-7-5-3-4-6-8-10-12-14-16-18-20-22(24)25/h2H,1,3-21H2,(H,24,25). The van der Waals surface area contributed by atoms with Gasteiger partial charge in [0.1, 0.15) is 0 Å². The van der Waals surface area contributed by atoms with Crippen molar-refractivity contribution < 1.29 is 19.4 Å². The molecular weight excluding hydrogens is 340 g/mol. The summed E-state index contributed by atoms with van der Waals surface area (Å²) in [5.74, 6) is -0.834. The molecule has 0 aromatic carbocycles. The summed E-state index contributed by atoms with van der Waals surface area (Å²) in [5.41, 5.74) is 0. The summed E-state index contributed by atoms with van der Waals surface area (Å²) in [7, 11) is 0. The van der Waals surface area contributed by atoms with Crippen LogP contribution in [0.25, 0.3) is 0 Å². The quantitative estimate of drug-likeness (QED) is 0.130. The van der Waals surface area contributed by atoms with E-state index in [1.165, 1.54) is 89.7 Å². The van der Waals surface area contributed by atoms with E-state index in [4.69, 9.17) is 5.11 Å². The summed E-state index contributed by atoms with van der Waals surface area (Å²) < 4.78 is 4.69. The fourth-order valence-corrected chi connectivity index (χ4v) is 3.35. The zero-order valence-electron chi connectivity index (χ0n) is 17.4. The third-order valence-electron chi connectivity index (χ3n) is 4.99. The average molecular weight is 383 g/mol. The predicted octanol–water partition coefficient (Wildman–Crippen LogP) is 7.17. The largest absolute Gasteiger partial charge is 0.481 e. The number of carboxylic acid groups (broad SMARTS) is 1. The van der Waals surface area contributed by atoms with Crippen molar-refractivity contribution in [1.82, 2.24) is 0 Å². The second kappa shape index (κ2) is 21.0. The average Bonchev–Trinajstić information content (AvgIpc) is 2.63. The van der Waals surface area contributed by atoms with Gasteiger partial charge in [-0.1, -0.05) is 103 Å². The third kappa shape index (κ3) is 22.6. The van der Waals surface area contributed by atoms with Gasteiger partial charge in [-0.05, 0) is 12.8 Å². The van der Waals surface area contributed by atoms with E-state index in [-0.39, 0.29) is 5.97 Å². The van der Waals surface area contributed by atoms with Crippen molar-refractivity contribution in [3.8, 4) is 0 Å². The van der Waals surface area contributed by atoms with Crippen LogP contribution in [0.5, 0.6) is 0 Å². The van der Waals surface area contributed by atoms with Gasteiger partial charge in [-0.15, -0.1) is 0 Å². The lowest BCUT2D eigenvalue weighted by atomic mass is 10.0. The number of carbonyl (C=O) groups is 2. The molecule has 0 aliphatic rings. The maximum atomic E-state index is 11.1. The molecule has 4 heteroatoms. The minimum atomic E-state index is -0.668. The Bertz CT molecular complexity index is 365. The van der Waals surface area contributed by atoms with E-state index >= 15 is 0 Å². The van der Waals surface area contributed by atoms with Gasteiger partial charge in [-0.3, -0.25) is 9.59 Å². The first kappa shape index (κ1) is 25.7. The van der Waals surface area contributed by atoms with Gasteiger partial charge in [0.25, 0.3) is 0 Å². The first-order valence-corrected chi connectivity index (χ1v) is 11.2. The van der Waals surface area contributed by atoms with Gasteiger partial charge < -0.3 is 9.84 Å². The molecule has 0 aromatic rings. The van der Waals surface area contributed by atoms with Gasteiger partial charge in [-0.2, -0.15) is 0 Å². The van der Waals surface area contributed by atoms with E-state index in [0.717, 1.165) is 25.7 Å². The van der Waals surface area contributed by atoms with E-state index in [1.54, 1.807) is 0 Å². The van der Waals surface area contributed by atoms with E-state index in [2.05, 4.69) is 11.3 Å². The van der Waals surface area contributed by atoms with Crippen LogP contribution in [0, 0.1) is 0 Å². The Morgan fingerprint density at radius 1 is 0.593 bits per heavy atom. The van der Waals surface area contributed by atoms with Crippen LogP contribution < -0.4 is 0 Å². The number of carbonyl (C=O) groups excluding carboxylic acids is 1. The smallest absolute Gasteiger partial charge is 0.310 e. The zero-order chi connectivity index (χ0) is 20.0. The molecule has 0 atom stereocenters. The van der Waals surface area contributed by atoms with Gasteiger partial charge >= 0.3 is 11.9 Å². The highest BCUT2D eigenvalue weighted by atomic mass is 16.5. The second-order valence-corrected chi connectivity index (χ2v) is 7.56. The molecule has 0 aliphatic heterocycles. The van der Waals surface area contributed by atoms with Gasteiger partial charge in [0.2, 0.25) is 0 Å². The van der Waals surface area contributed by atoms with Crippen LogP contribution in [-0.4, -0.2) is 17.0 Å². The lowest BCUT2D eigenvalue weighted by Crippen LogP contribution is -1.98. The molecule has 27 heavy (non-hydrogen) atoms. The Kier molecular flexibility index (Phi) is 20.0. The van der Waals surface area contributed by atoms with Crippen LogP contribution in [0.15, 0.2) is 12.8 Å². The Balaban J connectivity index is 3.06. The molecule has 0 unspecified atom stereocenters. The van der Waals surface area contributed by atoms with Crippen molar-refractivity contribution in [3.05, 3.63) is 12.8 Å². The van der Waals surface area contributed by atoms with Crippen molar-refractivity contribution in [2.75, 3.05) is 0 Å². The Morgan fingerprint density at radius 2 is 0.889 bits per heavy atom. The molecule has 158 valence electrons. The number of hydrogen-bond acceptors (Lipinski definition) is 3. The molecular formula is C23H42O4. The highest BCUT2D eigenvalue weighted by molar-refractivity contribution is 5.69. The fraction of sp³-hybridized carbons (Fsp3) is 0.826. The lowest BCUT2D eigenvalue weighted by Gasteiger charge is -2.04. The molecule has 0 radical (unpaired) electrons. The number of rotatable bonds is 21. The Hall–Kier alpha value is -1.32. The fourth-order valence-electron chi connectivity index (χ4n) is 3.35. The minimum absolute atomic E-state index is 0.166. The van der Waals surface area contributed by atoms with E-state index in [1.807, 2.05) is 0 Å². The molecule has 1 N–H and O–H groups in total. The molecule has 0 saturated heterocycles. The number of carboxylic acids is 1. The van der Waals surface area contributed by atoms with Crippen LogP contribution in [-0.2, 0) is 14.3 Å². The highest BCUT2D eigenvalue weighted by Crippen LogP contribution is 2.14. The van der Waals surface area contributed by atoms with Crippen LogP contribution in [0.4, 0.5) is 0 Å². The minimum Gasteiger partial charge on any atom is -0.481 e. The van der Waals surface area contributed by atoms with E-state index in [9.17, 15) is 9.59 Å². The van der Waals surface area contributed by atoms with Crippen molar-refractivity contribution in [3.63, 3.8) is 0 Å². The number of ether oxygens (including phenoxy) is 1. The van der Waals surface area contributed by atoms with Gasteiger partial charge in [-0.25, -0.2) is 0 Å². The van der Waals surface area contributed by atoms with E-state index < -0.39 is 5.97 Å². The van der Waals surface area contributed by atoms with E-state index in [0.29, 0.717) is 12.8 Å². The summed E-state index contributed by atoms with van der Waals surface area (Å²) in [5, 5.41) is 8.56. The Morgan fingerprint density at radius 3 is 1.19 bits per heavy atom. The van der Waals surface area contributed by atoms with Crippen LogP contribution in [0.2, 0.25) is 0 Å². The maximum Gasteiger partial charge on any atom is 0.310 e. The first-order chi connectivity index (χ1) is 13.2. The Labute approximate surface area is 166 Å².